The van der Waals surface area contributed by atoms with E-state index in [1.165, 1.54) is 7.05 Å². The molecule has 0 aliphatic rings. The Balaban J connectivity index is 2.88. The lowest BCUT2D eigenvalue weighted by Gasteiger charge is -1.97. The summed E-state index contributed by atoms with van der Waals surface area (Å²) in [5.41, 5.74) is -0.126. The first-order chi connectivity index (χ1) is 5.66. The summed E-state index contributed by atoms with van der Waals surface area (Å²) < 4.78 is 18.5. The second-order valence-electron chi connectivity index (χ2n) is 2.19. The highest BCUT2D eigenvalue weighted by atomic mass is 19.1. The Bertz CT molecular complexity index is 296. The molecule has 1 heterocycles. The van der Waals surface area contributed by atoms with Gasteiger partial charge in [-0.25, -0.2) is 9.48 Å². The molecule has 4 nitrogen and oxygen atoms in total. The number of hydrogen-bond acceptors (Lipinski definition) is 3. The number of halogens is 1. The van der Waals surface area contributed by atoms with Gasteiger partial charge < -0.3 is 4.74 Å². The van der Waals surface area contributed by atoms with E-state index in [0.29, 0.717) is 0 Å². The molecule has 0 radical (unpaired) electrons. The van der Waals surface area contributed by atoms with Crippen molar-refractivity contribution in [3.05, 3.63) is 17.7 Å². The fourth-order valence-electron chi connectivity index (χ4n) is 0.768. The zero-order valence-electron chi connectivity index (χ0n) is 6.87. The van der Waals surface area contributed by atoms with Gasteiger partial charge in [0.15, 0.2) is 0 Å². The highest BCUT2D eigenvalue weighted by molar-refractivity contribution is 5.89. The third-order valence-electron chi connectivity index (χ3n) is 1.36. The maximum Gasteiger partial charge on any atom is 0.344 e. The summed E-state index contributed by atoms with van der Waals surface area (Å²) >= 11 is 0. The van der Waals surface area contributed by atoms with Crippen molar-refractivity contribution >= 4 is 5.97 Å². The monoisotopic (exact) mass is 172 g/mol. The van der Waals surface area contributed by atoms with Gasteiger partial charge in [0.2, 0.25) is 5.95 Å². The number of esters is 1. The van der Waals surface area contributed by atoms with Crippen molar-refractivity contribution in [2.45, 2.75) is 6.92 Å². The van der Waals surface area contributed by atoms with Crippen LogP contribution in [-0.4, -0.2) is 22.4 Å². The maximum absolute atomic E-state index is 12.9. The first kappa shape index (κ1) is 8.70. The van der Waals surface area contributed by atoms with E-state index in [2.05, 4.69) is 9.84 Å². The summed E-state index contributed by atoms with van der Waals surface area (Å²) in [6.45, 7) is 1.89. The Hall–Kier alpha value is -1.39. The average molecular weight is 172 g/mol. The molecule has 0 spiro atoms. The molecule has 0 aliphatic heterocycles. The molecular formula is C7H9FN2O2. The van der Waals surface area contributed by atoms with Gasteiger partial charge in [0.25, 0.3) is 0 Å². The predicted octanol–water partition coefficient (Wildman–Crippen LogP) is 0.736. The number of carbonyl (C=O) groups excluding carboxylic acids is 1. The van der Waals surface area contributed by atoms with E-state index in [-0.39, 0.29) is 12.2 Å². The fourth-order valence-corrected chi connectivity index (χ4v) is 0.768. The molecule has 0 amide bonds. The normalized spacial score (nSPS) is 9.92. The van der Waals surface area contributed by atoms with Crippen LogP contribution in [0.2, 0.25) is 0 Å². The predicted molar refractivity (Wildman–Crippen MR) is 39.1 cm³/mol. The maximum atomic E-state index is 12.9. The molecule has 1 rings (SSSR count). The zero-order chi connectivity index (χ0) is 9.14. The van der Waals surface area contributed by atoms with Crippen LogP contribution in [0.1, 0.15) is 17.3 Å². The number of aromatic nitrogens is 2. The van der Waals surface area contributed by atoms with Crippen molar-refractivity contribution in [1.82, 2.24) is 9.78 Å². The van der Waals surface area contributed by atoms with Crippen LogP contribution in [0.4, 0.5) is 4.39 Å². The highest BCUT2D eigenvalue weighted by Gasteiger charge is 2.16. The summed E-state index contributed by atoms with van der Waals surface area (Å²) in [6, 6.07) is 0. The zero-order valence-corrected chi connectivity index (χ0v) is 6.87. The Labute approximate surface area is 68.9 Å². The summed E-state index contributed by atoms with van der Waals surface area (Å²) in [5, 5.41) is 3.56. The van der Waals surface area contributed by atoms with Gasteiger partial charge in [-0.15, -0.1) is 0 Å². The molecule has 1 aromatic heterocycles. The Morgan fingerprint density at radius 2 is 2.50 bits per heavy atom. The lowest BCUT2D eigenvalue weighted by Crippen LogP contribution is -2.06. The van der Waals surface area contributed by atoms with E-state index in [0.717, 1.165) is 10.9 Å². The summed E-state index contributed by atoms with van der Waals surface area (Å²) in [4.78, 5) is 11.0. The number of aryl methyl sites for hydroxylation is 1. The van der Waals surface area contributed by atoms with Crippen molar-refractivity contribution in [3.63, 3.8) is 0 Å². The fraction of sp³-hybridized carbons (Fsp3) is 0.429. The minimum atomic E-state index is -0.678. The van der Waals surface area contributed by atoms with Crippen molar-refractivity contribution < 1.29 is 13.9 Å². The van der Waals surface area contributed by atoms with Crippen LogP contribution in [0, 0.1) is 5.95 Å². The molecule has 1 aromatic rings. The van der Waals surface area contributed by atoms with Gasteiger partial charge >= 0.3 is 5.97 Å². The molecule has 66 valence electrons. The smallest absolute Gasteiger partial charge is 0.344 e. The van der Waals surface area contributed by atoms with Crippen molar-refractivity contribution in [1.29, 1.82) is 0 Å². The number of carbonyl (C=O) groups is 1. The SMILES string of the molecule is CCOC(=O)c1cnn(C)c1F. The Morgan fingerprint density at radius 1 is 1.83 bits per heavy atom. The highest BCUT2D eigenvalue weighted by Crippen LogP contribution is 2.05. The van der Waals surface area contributed by atoms with Crippen LogP contribution in [0.15, 0.2) is 6.20 Å². The van der Waals surface area contributed by atoms with Crippen LogP contribution in [-0.2, 0) is 11.8 Å². The van der Waals surface area contributed by atoms with E-state index in [9.17, 15) is 9.18 Å². The number of ether oxygens (including phenoxy) is 1. The van der Waals surface area contributed by atoms with Crippen LogP contribution >= 0.6 is 0 Å². The lowest BCUT2D eigenvalue weighted by atomic mass is 10.4. The first-order valence-corrected chi connectivity index (χ1v) is 3.51. The van der Waals surface area contributed by atoms with E-state index in [1.54, 1.807) is 6.92 Å². The van der Waals surface area contributed by atoms with Gasteiger partial charge in [-0.2, -0.15) is 9.49 Å². The van der Waals surface area contributed by atoms with E-state index < -0.39 is 11.9 Å². The van der Waals surface area contributed by atoms with Crippen LogP contribution in [0.25, 0.3) is 0 Å². The molecule has 0 aromatic carbocycles. The van der Waals surface area contributed by atoms with E-state index in [4.69, 9.17) is 0 Å². The molecule has 0 bridgehead atoms. The molecule has 0 fully saturated rings. The van der Waals surface area contributed by atoms with Gasteiger partial charge in [0.1, 0.15) is 5.56 Å². The van der Waals surface area contributed by atoms with Crippen molar-refractivity contribution in [2.75, 3.05) is 6.61 Å². The Kier molecular flexibility index (Phi) is 2.42. The molecule has 0 unspecified atom stereocenters. The second kappa shape index (κ2) is 3.34. The van der Waals surface area contributed by atoms with Gasteiger partial charge in [-0.3, -0.25) is 0 Å². The summed E-state index contributed by atoms with van der Waals surface area (Å²) in [5.74, 6) is -1.35. The molecule has 0 N–H and O–H groups in total. The molecule has 0 saturated carbocycles. The number of hydrogen-bond donors (Lipinski definition) is 0. The molecule has 12 heavy (non-hydrogen) atoms. The minimum Gasteiger partial charge on any atom is -0.462 e. The first-order valence-electron chi connectivity index (χ1n) is 3.51. The van der Waals surface area contributed by atoms with Crippen LogP contribution in [0.5, 0.6) is 0 Å². The average Bonchev–Trinajstić information content (AvgIpc) is 2.34. The van der Waals surface area contributed by atoms with Gasteiger partial charge in [-0.05, 0) is 6.92 Å². The standard InChI is InChI=1S/C7H9FN2O2/c1-3-12-7(11)5-4-9-10(2)6(5)8/h4H,3H2,1-2H3. The minimum absolute atomic E-state index is 0.126. The number of rotatable bonds is 2. The topological polar surface area (TPSA) is 44.1 Å². The molecule has 0 atom stereocenters. The second-order valence-corrected chi connectivity index (χ2v) is 2.19. The van der Waals surface area contributed by atoms with Crippen molar-refractivity contribution in [3.8, 4) is 0 Å². The number of nitrogens with zero attached hydrogens (tertiary/aromatic N) is 2. The van der Waals surface area contributed by atoms with Crippen LogP contribution < -0.4 is 0 Å². The van der Waals surface area contributed by atoms with E-state index >= 15 is 0 Å². The molecule has 5 heteroatoms. The van der Waals surface area contributed by atoms with Crippen LogP contribution in [0.3, 0.4) is 0 Å². The van der Waals surface area contributed by atoms with Gasteiger partial charge in [0.05, 0.1) is 12.8 Å². The largest absolute Gasteiger partial charge is 0.462 e. The van der Waals surface area contributed by atoms with Gasteiger partial charge in [-0.1, -0.05) is 0 Å². The van der Waals surface area contributed by atoms with E-state index in [1.807, 2.05) is 0 Å². The van der Waals surface area contributed by atoms with Crippen molar-refractivity contribution in [2.24, 2.45) is 7.05 Å². The Morgan fingerprint density at radius 3 is 2.92 bits per heavy atom. The van der Waals surface area contributed by atoms with Gasteiger partial charge in [0, 0.05) is 7.05 Å². The lowest BCUT2D eigenvalue weighted by molar-refractivity contribution is 0.0520. The molecule has 0 saturated heterocycles. The molecular weight excluding hydrogens is 163 g/mol. The third kappa shape index (κ3) is 1.44. The third-order valence-corrected chi connectivity index (χ3v) is 1.36. The summed E-state index contributed by atoms with van der Waals surface area (Å²) in [7, 11) is 1.41. The quantitative estimate of drug-likeness (QED) is 0.618. The summed E-state index contributed by atoms with van der Waals surface area (Å²) in [6.07, 6.45) is 1.15. The molecule has 0 aliphatic carbocycles.